The number of aryl methyl sites for hydroxylation is 1. The molecule has 8 nitrogen and oxygen atoms in total. The van der Waals surface area contributed by atoms with E-state index < -0.39 is 6.10 Å². The minimum atomic E-state index is -0.679. The minimum absolute atomic E-state index is 0.0901. The number of nitrogens with one attached hydrogen (secondary N) is 2. The summed E-state index contributed by atoms with van der Waals surface area (Å²) in [6, 6.07) is 7.51. The van der Waals surface area contributed by atoms with Crippen LogP contribution in [-0.4, -0.2) is 45.0 Å². The number of aliphatic imine (C=N–C) groups is 1. The molecule has 1 atom stereocenters. The highest BCUT2D eigenvalue weighted by Gasteiger charge is 2.11. The summed E-state index contributed by atoms with van der Waals surface area (Å²) < 4.78 is 7.59. The third kappa shape index (κ3) is 6.25. The van der Waals surface area contributed by atoms with E-state index in [-0.39, 0.29) is 6.10 Å². The molecule has 0 saturated heterocycles. The van der Waals surface area contributed by atoms with Crippen LogP contribution in [0.1, 0.15) is 44.1 Å². The van der Waals surface area contributed by atoms with Gasteiger partial charge >= 0.3 is 0 Å². The molecule has 0 radical (unpaired) electrons. The van der Waals surface area contributed by atoms with Gasteiger partial charge in [-0.2, -0.15) is 0 Å². The van der Waals surface area contributed by atoms with Crippen LogP contribution < -0.4 is 15.4 Å². The zero-order valence-corrected chi connectivity index (χ0v) is 16.7. The van der Waals surface area contributed by atoms with Crippen molar-refractivity contribution in [3.05, 3.63) is 41.5 Å². The normalized spacial score (nSPS) is 12.9. The third-order valence-electron chi connectivity index (χ3n) is 3.98. The fourth-order valence-corrected chi connectivity index (χ4v) is 2.46. The number of rotatable bonds is 8. The maximum absolute atomic E-state index is 10.5. The van der Waals surface area contributed by atoms with E-state index in [2.05, 4.69) is 25.8 Å². The second-order valence-electron chi connectivity index (χ2n) is 6.55. The van der Waals surface area contributed by atoms with Crippen molar-refractivity contribution in [2.75, 3.05) is 13.1 Å². The van der Waals surface area contributed by atoms with Gasteiger partial charge in [-0.15, -0.1) is 10.2 Å². The molecule has 0 amide bonds. The van der Waals surface area contributed by atoms with Gasteiger partial charge in [-0.25, -0.2) is 4.99 Å². The largest absolute Gasteiger partial charge is 0.491 e. The van der Waals surface area contributed by atoms with E-state index in [0.29, 0.717) is 19.0 Å². The van der Waals surface area contributed by atoms with Gasteiger partial charge in [0.05, 0.1) is 12.2 Å². The Labute approximate surface area is 160 Å². The summed E-state index contributed by atoms with van der Waals surface area (Å²) >= 11 is 0. The van der Waals surface area contributed by atoms with Crippen molar-refractivity contribution in [2.45, 2.75) is 46.4 Å². The van der Waals surface area contributed by atoms with Gasteiger partial charge in [0, 0.05) is 20.1 Å². The Morgan fingerprint density at radius 2 is 2.07 bits per heavy atom. The molecule has 0 aliphatic rings. The first-order chi connectivity index (χ1) is 12.9. The topological polar surface area (TPSA) is 96.6 Å². The Morgan fingerprint density at radius 3 is 2.70 bits per heavy atom. The van der Waals surface area contributed by atoms with Gasteiger partial charge in [0.25, 0.3) is 0 Å². The molecular weight excluding hydrogens is 344 g/mol. The van der Waals surface area contributed by atoms with Crippen LogP contribution >= 0.6 is 0 Å². The molecule has 1 aromatic heterocycles. The van der Waals surface area contributed by atoms with Crippen molar-refractivity contribution in [1.29, 1.82) is 0 Å². The van der Waals surface area contributed by atoms with Crippen LogP contribution in [0.15, 0.2) is 29.3 Å². The van der Waals surface area contributed by atoms with E-state index in [1.165, 1.54) is 0 Å². The Hall–Kier alpha value is -2.61. The van der Waals surface area contributed by atoms with Crippen molar-refractivity contribution in [2.24, 2.45) is 12.0 Å². The summed E-state index contributed by atoms with van der Waals surface area (Å²) in [5.41, 5.74) is 0.792. The number of hydrogen-bond donors (Lipinski definition) is 3. The van der Waals surface area contributed by atoms with E-state index in [1.807, 2.05) is 63.6 Å². The van der Waals surface area contributed by atoms with Crippen LogP contribution in [-0.2, 0) is 13.6 Å². The fourth-order valence-electron chi connectivity index (χ4n) is 2.46. The maximum Gasteiger partial charge on any atom is 0.191 e. The van der Waals surface area contributed by atoms with Crippen molar-refractivity contribution >= 4 is 5.96 Å². The summed E-state index contributed by atoms with van der Waals surface area (Å²) in [4.78, 5) is 4.52. The zero-order valence-electron chi connectivity index (χ0n) is 16.7. The van der Waals surface area contributed by atoms with Crippen LogP contribution in [0, 0.1) is 6.92 Å². The van der Waals surface area contributed by atoms with Crippen LogP contribution in [0.3, 0.4) is 0 Å². The number of ether oxygens (including phenoxy) is 1. The predicted octanol–water partition coefficient (Wildman–Crippen LogP) is 1.70. The summed E-state index contributed by atoms with van der Waals surface area (Å²) in [5.74, 6) is 2.99. The molecule has 0 spiro atoms. The molecule has 27 heavy (non-hydrogen) atoms. The van der Waals surface area contributed by atoms with Crippen molar-refractivity contribution in [1.82, 2.24) is 25.4 Å². The molecule has 1 unspecified atom stereocenters. The molecule has 148 valence electrons. The van der Waals surface area contributed by atoms with Gasteiger partial charge in [-0.3, -0.25) is 0 Å². The molecular formula is C19H30N6O2. The number of guanidine groups is 1. The third-order valence-corrected chi connectivity index (χ3v) is 3.98. The number of aliphatic hydroxyl groups is 1. The van der Waals surface area contributed by atoms with Crippen LogP contribution in [0.4, 0.5) is 0 Å². The van der Waals surface area contributed by atoms with Gasteiger partial charge < -0.3 is 25.0 Å². The van der Waals surface area contributed by atoms with Gasteiger partial charge in [0.15, 0.2) is 11.8 Å². The van der Waals surface area contributed by atoms with E-state index in [4.69, 9.17) is 4.74 Å². The van der Waals surface area contributed by atoms with E-state index in [1.54, 1.807) is 0 Å². The highest BCUT2D eigenvalue weighted by atomic mass is 16.5. The number of benzene rings is 1. The molecule has 2 aromatic rings. The number of aliphatic hydroxyl groups excluding tert-OH is 1. The maximum atomic E-state index is 10.5. The summed E-state index contributed by atoms with van der Waals surface area (Å²) in [6.45, 7) is 9.29. The molecule has 0 fully saturated rings. The number of nitrogens with zero attached hydrogens (tertiary/aromatic N) is 4. The Morgan fingerprint density at radius 1 is 1.30 bits per heavy atom. The lowest BCUT2D eigenvalue weighted by Crippen LogP contribution is -2.39. The van der Waals surface area contributed by atoms with Crippen molar-refractivity contribution in [3.8, 4) is 5.75 Å². The molecule has 0 aliphatic heterocycles. The van der Waals surface area contributed by atoms with E-state index >= 15 is 0 Å². The standard InChI is InChI=1S/C19H30N6O2/c1-6-20-19(22-12-18-24-23-14(4)25(18)5)21-11-17(26)15-8-7-9-16(10-15)27-13(2)3/h7-10,13,17,26H,6,11-12H2,1-5H3,(H2,20,21,22). The molecule has 1 heterocycles. The first-order valence-corrected chi connectivity index (χ1v) is 9.22. The van der Waals surface area contributed by atoms with Crippen LogP contribution in [0.5, 0.6) is 5.75 Å². The first-order valence-electron chi connectivity index (χ1n) is 9.22. The molecule has 1 aromatic carbocycles. The first kappa shape index (κ1) is 20.7. The Kier molecular flexibility index (Phi) is 7.60. The van der Waals surface area contributed by atoms with E-state index in [9.17, 15) is 5.11 Å². The van der Waals surface area contributed by atoms with E-state index in [0.717, 1.165) is 29.5 Å². The number of aromatic nitrogens is 3. The highest BCUT2D eigenvalue weighted by Crippen LogP contribution is 2.19. The Bertz CT molecular complexity index is 756. The molecule has 8 heteroatoms. The predicted molar refractivity (Wildman–Crippen MR) is 106 cm³/mol. The average molecular weight is 374 g/mol. The zero-order chi connectivity index (χ0) is 19.8. The molecule has 0 bridgehead atoms. The molecule has 3 N–H and O–H groups in total. The quantitative estimate of drug-likeness (QED) is 0.481. The lowest BCUT2D eigenvalue weighted by molar-refractivity contribution is 0.179. The monoisotopic (exact) mass is 374 g/mol. The van der Waals surface area contributed by atoms with Gasteiger partial charge in [0.2, 0.25) is 0 Å². The fraction of sp³-hybridized carbons (Fsp3) is 0.526. The lowest BCUT2D eigenvalue weighted by atomic mass is 10.1. The Balaban J connectivity index is 1.98. The smallest absolute Gasteiger partial charge is 0.191 e. The van der Waals surface area contributed by atoms with Gasteiger partial charge in [0.1, 0.15) is 18.1 Å². The lowest BCUT2D eigenvalue weighted by Gasteiger charge is -2.17. The SMILES string of the molecule is CCNC(=NCc1nnc(C)n1C)NCC(O)c1cccc(OC(C)C)c1. The molecule has 0 aliphatic carbocycles. The second kappa shape index (κ2) is 9.91. The average Bonchev–Trinajstić information content (AvgIpc) is 2.95. The van der Waals surface area contributed by atoms with Crippen molar-refractivity contribution in [3.63, 3.8) is 0 Å². The van der Waals surface area contributed by atoms with Crippen molar-refractivity contribution < 1.29 is 9.84 Å². The molecule has 0 saturated carbocycles. The number of hydrogen-bond acceptors (Lipinski definition) is 5. The minimum Gasteiger partial charge on any atom is -0.491 e. The van der Waals surface area contributed by atoms with Crippen LogP contribution in [0.25, 0.3) is 0 Å². The second-order valence-corrected chi connectivity index (χ2v) is 6.55. The summed E-state index contributed by atoms with van der Waals surface area (Å²) in [7, 11) is 1.91. The summed E-state index contributed by atoms with van der Waals surface area (Å²) in [6.07, 6.45) is -0.589. The summed E-state index contributed by atoms with van der Waals surface area (Å²) in [5, 5.41) is 25.0. The molecule has 2 rings (SSSR count). The van der Waals surface area contributed by atoms with Crippen LogP contribution in [0.2, 0.25) is 0 Å². The van der Waals surface area contributed by atoms with Gasteiger partial charge in [-0.1, -0.05) is 12.1 Å². The van der Waals surface area contributed by atoms with Gasteiger partial charge in [-0.05, 0) is 45.4 Å². The highest BCUT2D eigenvalue weighted by molar-refractivity contribution is 5.79.